The van der Waals surface area contributed by atoms with E-state index in [0.29, 0.717) is 0 Å². The number of nitrogens with zero attached hydrogens (tertiary/aromatic N) is 4. The highest BCUT2D eigenvalue weighted by molar-refractivity contribution is 5.30. The zero-order chi connectivity index (χ0) is 13.0. The number of aromatic nitrogens is 3. The Morgan fingerprint density at radius 1 is 1.22 bits per heavy atom. The van der Waals surface area contributed by atoms with Gasteiger partial charge in [-0.15, -0.1) is 0 Å². The maximum atomic E-state index is 4.37. The fourth-order valence-corrected chi connectivity index (χ4v) is 1.83. The molecular weight excluding hydrogens is 226 g/mol. The highest BCUT2D eigenvalue weighted by Crippen LogP contribution is 2.10. The van der Waals surface area contributed by atoms with Gasteiger partial charge in [0.05, 0.1) is 17.6 Å². The van der Waals surface area contributed by atoms with Crippen molar-refractivity contribution >= 4 is 5.95 Å². The van der Waals surface area contributed by atoms with Crippen molar-refractivity contribution in [3.05, 3.63) is 42.0 Å². The van der Waals surface area contributed by atoms with Crippen molar-refractivity contribution in [3.63, 3.8) is 0 Å². The molecule has 18 heavy (non-hydrogen) atoms. The van der Waals surface area contributed by atoms with Gasteiger partial charge in [0.2, 0.25) is 5.95 Å². The Kier molecular flexibility index (Phi) is 3.94. The first-order chi connectivity index (χ1) is 8.68. The van der Waals surface area contributed by atoms with E-state index in [1.165, 1.54) is 0 Å². The fraction of sp³-hybridized carbons (Fsp3) is 0.385. The lowest BCUT2D eigenvalue weighted by molar-refractivity contribution is 0.645. The van der Waals surface area contributed by atoms with Crippen molar-refractivity contribution in [3.8, 4) is 0 Å². The van der Waals surface area contributed by atoms with Crippen molar-refractivity contribution in [1.82, 2.24) is 19.9 Å². The molecule has 0 aromatic carbocycles. The van der Waals surface area contributed by atoms with Crippen LogP contribution in [0.3, 0.4) is 0 Å². The number of rotatable bonds is 5. The van der Waals surface area contributed by atoms with Crippen LogP contribution in [0.4, 0.5) is 5.95 Å². The lowest BCUT2D eigenvalue weighted by atomic mass is 10.3. The van der Waals surface area contributed by atoms with E-state index in [4.69, 9.17) is 0 Å². The molecule has 1 N–H and O–H groups in total. The second-order valence-corrected chi connectivity index (χ2v) is 4.43. The average molecular weight is 245 g/mol. The number of anilines is 1. The van der Waals surface area contributed by atoms with E-state index in [1.54, 1.807) is 0 Å². The first kappa shape index (κ1) is 12.6. The monoisotopic (exact) mass is 245 g/mol. The summed E-state index contributed by atoms with van der Waals surface area (Å²) in [6.07, 6.45) is 3.71. The topological polar surface area (TPSA) is 46.0 Å². The zero-order valence-electron chi connectivity index (χ0n) is 11.1. The normalized spacial score (nSPS) is 10.6. The van der Waals surface area contributed by atoms with E-state index < -0.39 is 0 Å². The molecule has 0 amide bonds. The van der Waals surface area contributed by atoms with Crippen LogP contribution in [0.25, 0.3) is 0 Å². The van der Waals surface area contributed by atoms with Crippen LogP contribution in [0.1, 0.15) is 11.4 Å². The van der Waals surface area contributed by atoms with Crippen LogP contribution in [0.5, 0.6) is 0 Å². The number of hydrogen-bond donors (Lipinski definition) is 1. The van der Waals surface area contributed by atoms with Crippen LogP contribution in [-0.2, 0) is 20.1 Å². The Balaban J connectivity index is 1.91. The largest absolute Gasteiger partial charge is 0.348 e. The molecule has 0 fully saturated rings. The molecule has 5 heteroatoms. The summed E-state index contributed by atoms with van der Waals surface area (Å²) in [6, 6.07) is 5.94. The van der Waals surface area contributed by atoms with Crippen molar-refractivity contribution < 1.29 is 0 Å². The minimum Gasteiger partial charge on any atom is -0.348 e. The zero-order valence-corrected chi connectivity index (χ0v) is 11.1. The van der Waals surface area contributed by atoms with E-state index in [9.17, 15) is 0 Å². The van der Waals surface area contributed by atoms with E-state index in [-0.39, 0.29) is 0 Å². The third-order valence-corrected chi connectivity index (χ3v) is 2.80. The molecule has 0 saturated heterocycles. The van der Waals surface area contributed by atoms with E-state index >= 15 is 0 Å². The first-order valence-corrected chi connectivity index (χ1v) is 5.97. The smallest absolute Gasteiger partial charge is 0.204 e. The standard InChI is InChI=1S/C13H19N5/c1-17(2)13-16-10-12(18(13)3)9-14-8-11-6-4-5-7-15-11/h4-7,10,14H,8-9H2,1-3H3. The Morgan fingerprint density at radius 2 is 2.06 bits per heavy atom. The predicted molar refractivity (Wildman–Crippen MR) is 72.3 cm³/mol. The van der Waals surface area contributed by atoms with Crippen molar-refractivity contribution in [1.29, 1.82) is 0 Å². The van der Waals surface area contributed by atoms with Crippen molar-refractivity contribution in [2.45, 2.75) is 13.1 Å². The van der Waals surface area contributed by atoms with Crippen LogP contribution in [0.2, 0.25) is 0 Å². The molecule has 96 valence electrons. The highest BCUT2D eigenvalue weighted by atomic mass is 15.3. The molecule has 2 rings (SSSR count). The SMILES string of the molecule is CN(C)c1ncc(CNCc2ccccn2)n1C. The van der Waals surface area contributed by atoms with Gasteiger partial charge in [-0.1, -0.05) is 6.07 Å². The lowest BCUT2D eigenvalue weighted by Gasteiger charge is -2.12. The van der Waals surface area contributed by atoms with Crippen LogP contribution in [0, 0.1) is 0 Å². The third kappa shape index (κ3) is 2.87. The van der Waals surface area contributed by atoms with Crippen molar-refractivity contribution in [2.24, 2.45) is 7.05 Å². The quantitative estimate of drug-likeness (QED) is 0.859. The van der Waals surface area contributed by atoms with E-state index in [2.05, 4.69) is 19.9 Å². The number of pyridine rings is 1. The summed E-state index contributed by atoms with van der Waals surface area (Å²) in [5.41, 5.74) is 2.21. The molecule has 2 aromatic heterocycles. The van der Waals surface area contributed by atoms with Gasteiger partial charge in [0.25, 0.3) is 0 Å². The first-order valence-electron chi connectivity index (χ1n) is 5.97. The van der Waals surface area contributed by atoms with Gasteiger partial charge in [0, 0.05) is 40.4 Å². The molecule has 2 heterocycles. The van der Waals surface area contributed by atoms with Crippen LogP contribution in [0.15, 0.2) is 30.6 Å². The van der Waals surface area contributed by atoms with Gasteiger partial charge in [-0.3, -0.25) is 4.98 Å². The Hall–Kier alpha value is -1.88. The molecule has 0 atom stereocenters. The fourth-order valence-electron chi connectivity index (χ4n) is 1.83. The van der Waals surface area contributed by atoms with Gasteiger partial charge in [0.15, 0.2) is 0 Å². The maximum Gasteiger partial charge on any atom is 0.204 e. The maximum absolute atomic E-state index is 4.37. The van der Waals surface area contributed by atoms with Gasteiger partial charge < -0.3 is 14.8 Å². The van der Waals surface area contributed by atoms with Gasteiger partial charge in [-0.25, -0.2) is 4.98 Å². The molecule has 5 nitrogen and oxygen atoms in total. The van der Waals surface area contributed by atoms with Crippen LogP contribution in [-0.4, -0.2) is 28.6 Å². The Labute approximate surface area is 107 Å². The lowest BCUT2D eigenvalue weighted by Crippen LogP contribution is -2.18. The number of imidazole rings is 1. The summed E-state index contributed by atoms with van der Waals surface area (Å²) in [5.74, 6) is 0.963. The summed E-state index contributed by atoms with van der Waals surface area (Å²) in [5, 5.41) is 3.37. The van der Waals surface area contributed by atoms with Crippen LogP contribution < -0.4 is 10.2 Å². The highest BCUT2D eigenvalue weighted by Gasteiger charge is 2.07. The number of hydrogen-bond acceptors (Lipinski definition) is 4. The summed E-state index contributed by atoms with van der Waals surface area (Å²) < 4.78 is 2.09. The molecule has 0 saturated carbocycles. The molecular formula is C13H19N5. The van der Waals surface area contributed by atoms with Crippen molar-refractivity contribution in [2.75, 3.05) is 19.0 Å². The average Bonchev–Trinajstić information content (AvgIpc) is 2.73. The molecule has 0 aliphatic carbocycles. The van der Waals surface area contributed by atoms with Gasteiger partial charge in [0.1, 0.15) is 0 Å². The third-order valence-electron chi connectivity index (χ3n) is 2.80. The minimum absolute atomic E-state index is 0.767. The van der Waals surface area contributed by atoms with Gasteiger partial charge in [-0.2, -0.15) is 0 Å². The Morgan fingerprint density at radius 3 is 2.67 bits per heavy atom. The summed E-state index contributed by atoms with van der Waals surface area (Å²) in [4.78, 5) is 10.6. The molecule has 0 aliphatic heterocycles. The second-order valence-electron chi connectivity index (χ2n) is 4.43. The second kappa shape index (κ2) is 5.64. The number of nitrogens with one attached hydrogen (secondary N) is 1. The molecule has 0 unspecified atom stereocenters. The van der Waals surface area contributed by atoms with Gasteiger partial charge >= 0.3 is 0 Å². The summed E-state index contributed by atoms with van der Waals surface area (Å²) >= 11 is 0. The molecule has 0 aliphatic rings. The van der Waals surface area contributed by atoms with Gasteiger partial charge in [-0.05, 0) is 12.1 Å². The predicted octanol–water partition coefficient (Wildman–Crippen LogP) is 1.17. The van der Waals surface area contributed by atoms with E-state index in [1.807, 2.05) is 56.6 Å². The van der Waals surface area contributed by atoms with Crippen LogP contribution >= 0.6 is 0 Å². The minimum atomic E-state index is 0.767. The summed E-state index contributed by atoms with van der Waals surface area (Å²) in [6.45, 7) is 1.55. The molecule has 0 bridgehead atoms. The summed E-state index contributed by atoms with van der Waals surface area (Å²) in [7, 11) is 6.01. The van der Waals surface area contributed by atoms with E-state index in [0.717, 1.165) is 30.4 Å². The molecule has 2 aromatic rings. The molecule has 0 spiro atoms. The Bertz CT molecular complexity index is 489. The molecule has 0 radical (unpaired) electrons.